The van der Waals surface area contributed by atoms with Crippen LogP contribution in [0.25, 0.3) is 11.3 Å². The Balaban J connectivity index is 1.43. The highest BCUT2D eigenvalue weighted by Crippen LogP contribution is 2.41. The van der Waals surface area contributed by atoms with Crippen molar-refractivity contribution in [2.24, 2.45) is 0 Å². The molecule has 4 N–H and O–H groups in total. The van der Waals surface area contributed by atoms with E-state index in [2.05, 4.69) is 34.3 Å². The molecule has 0 radical (unpaired) electrons. The van der Waals surface area contributed by atoms with Crippen LogP contribution in [0.5, 0.6) is 0 Å². The molecular weight excluding hydrogens is 386 g/mol. The second-order valence-electron chi connectivity index (χ2n) is 7.03. The van der Waals surface area contributed by atoms with Crippen LogP contribution in [0.15, 0.2) is 29.2 Å². The fourth-order valence-electron chi connectivity index (χ4n) is 3.68. The Morgan fingerprint density at radius 3 is 2.62 bits per heavy atom. The molecule has 1 saturated carbocycles. The van der Waals surface area contributed by atoms with Gasteiger partial charge in [-0.25, -0.2) is 9.71 Å². The molecule has 2 aromatic rings. The summed E-state index contributed by atoms with van der Waals surface area (Å²) < 4.78 is 22.1. The van der Waals surface area contributed by atoms with Crippen LogP contribution in [0.1, 0.15) is 30.6 Å². The van der Waals surface area contributed by atoms with Gasteiger partial charge in [0.05, 0.1) is 5.69 Å². The van der Waals surface area contributed by atoms with Crippen molar-refractivity contribution in [1.29, 1.82) is 0 Å². The second kappa shape index (κ2) is 7.69. The van der Waals surface area contributed by atoms with E-state index in [-0.39, 0.29) is 6.04 Å². The number of nitrogens with one attached hydrogen (secondary N) is 2. The quantitative estimate of drug-likeness (QED) is 0.563. The SMILES string of the molecule is CS(O)(O)NC1CCC(Nc2nc3c(s2)CCSc2ccccc2-3)CC1. The van der Waals surface area contributed by atoms with Gasteiger partial charge in [-0.05, 0) is 38.2 Å². The maximum Gasteiger partial charge on any atom is 0.183 e. The van der Waals surface area contributed by atoms with E-state index in [9.17, 15) is 9.11 Å². The van der Waals surface area contributed by atoms with Gasteiger partial charge in [-0.3, -0.25) is 9.11 Å². The molecule has 0 spiro atoms. The predicted octanol–water partition coefficient (Wildman–Crippen LogP) is 5.07. The van der Waals surface area contributed by atoms with Gasteiger partial charge in [0.25, 0.3) is 0 Å². The van der Waals surface area contributed by atoms with Gasteiger partial charge in [0.1, 0.15) is 0 Å². The summed E-state index contributed by atoms with van der Waals surface area (Å²) in [5.74, 6) is 1.10. The Morgan fingerprint density at radius 2 is 1.85 bits per heavy atom. The zero-order chi connectivity index (χ0) is 18.1. The number of thioether (sulfide) groups is 1. The largest absolute Gasteiger partial charge is 0.359 e. The Hall–Kier alpha value is -0.770. The van der Waals surface area contributed by atoms with E-state index in [4.69, 9.17) is 4.98 Å². The van der Waals surface area contributed by atoms with Gasteiger partial charge in [0, 0.05) is 39.4 Å². The standard InChI is InChI=1S/C18H25N3O2S3/c1-26(22,23)21-13-8-6-12(7-9-13)19-18-20-17-14-4-2-3-5-15(14)24-11-10-16(17)25-18/h2-5,12-13,21-23H,6-11H2,1H3,(H,19,20). The zero-order valence-electron chi connectivity index (χ0n) is 14.8. The van der Waals surface area contributed by atoms with Gasteiger partial charge in [-0.1, -0.05) is 18.2 Å². The van der Waals surface area contributed by atoms with Gasteiger partial charge in [-0.15, -0.1) is 33.9 Å². The molecular formula is C18H25N3O2S3. The molecule has 1 aromatic heterocycles. The first-order chi connectivity index (χ1) is 12.5. The van der Waals surface area contributed by atoms with Crippen LogP contribution in [0, 0.1) is 0 Å². The molecule has 0 atom stereocenters. The lowest BCUT2D eigenvalue weighted by Crippen LogP contribution is -2.37. The van der Waals surface area contributed by atoms with Gasteiger partial charge in [0.15, 0.2) is 5.13 Å². The number of aryl methyl sites for hydroxylation is 1. The van der Waals surface area contributed by atoms with Crippen LogP contribution in [0.3, 0.4) is 0 Å². The summed E-state index contributed by atoms with van der Waals surface area (Å²) in [7, 11) is -2.62. The molecule has 2 heterocycles. The second-order valence-corrected chi connectivity index (χ2v) is 11.2. The third-order valence-electron chi connectivity index (χ3n) is 4.87. The molecule has 2 aliphatic rings. The van der Waals surface area contributed by atoms with Crippen molar-refractivity contribution in [1.82, 2.24) is 9.71 Å². The molecule has 0 unspecified atom stereocenters. The van der Waals surface area contributed by atoms with E-state index < -0.39 is 10.8 Å². The average Bonchev–Trinajstić information content (AvgIpc) is 2.90. The molecule has 0 amide bonds. The van der Waals surface area contributed by atoms with E-state index in [0.29, 0.717) is 6.04 Å². The van der Waals surface area contributed by atoms with Crippen molar-refractivity contribution < 1.29 is 9.11 Å². The average molecular weight is 412 g/mol. The first-order valence-electron chi connectivity index (χ1n) is 8.97. The fourth-order valence-corrected chi connectivity index (χ4v) is 6.75. The zero-order valence-corrected chi connectivity index (χ0v) is 17.2. The summed E-state index contributed by atoms with van der Waals surface area (Å²) in [5.41, 5.74) is 2.41. The fraction of sp³-hybridized carbons (Fsp3) is 0.500. The van der Waals surface area contributed by atoms with E-state index in [1.807, 2.05) is 11.8 Å². The van der Waals surface area contributed by atoms with E-state index >= 15 is 0 Å². The third-order valence-corrected chi connectivity index (χ3v) is 7.77. The number of rotatable bonds is 4. The van der Waals surface area contributed by atoms with Gasteiger partial charge >= 0.3 is 0 Å². The number of hydrogen-bond acceptors (Lipinski definition) is 7. The number of benzene rings is 1. The molecule has 1 aliphatic carbocycles. The van der Waals surface area contributed by atoms with Crippen LogP contribution >= 0.6 is 33.9 Å². The molecule has 0 saturated heterocycles. The molecule has 1 aliphatic heterocycles. The molecule has 142 valence electrons. The number of nitrogens with zero attached hydrogens (tertiary/aromatic N) is 1. The number of fused-ring (bicyclic) bond motifs is 3. The van der Waals surface area contributed by atoms with Crippen molar-refractivity contribution in [3.05, 3.63) is 29.1 Å². The van der Waals surface area contributed by atoms with E-state index in [1.54, 1.807) is 11.3 Å². The van der Waals surface area contributed by atoms with Crippen LogP contribution in [-0.2, 0) is 6.42 Å². The first-order valence-corrected chi connectivity index (χ1v) is 12.7. The number of anilines is 1. The number of hydrogen-bond donors (Lipinski definition) is 4. The van der Waals surface area contributed by atoms with Crippen LogP contribution in [0.2, 0.25) is 0 Å². The van der Waals surface area contributed by atoms with Gasteiger partial charge in [0.2, 0.25) is 0 Å². The third kappa shape index (κ3) is 4.37. The molecule has 5 nitrogen and oxygen atoms in total. The maximum atomic E-state index is 9.57. The molecule has 0 bridgehead atoms. The topological polar surface area (TPSA) is 77.4 Å². The lowest BCUT2D eigenvalue weighted by Gasteiger charge is -2.36. The molecule has 1 fully saturated rings. The molecule has 1 aromatic carbocycles. The van der Waals surface area contributed by atoms with Gasteiger partial charge < -0.3 is 5.32 Å². The normalized spacial score (nSPS) is 23.7. The summed E-state index contributed by atoms with van der Waals surface area (Å²) in [4.78, 5) is 7.63. The lowest BCUT2D eigenvalue weighted by molar-refractivity contribution is 0.372. The minimum Gasteiger partial charge on any atom is -0.359 e. The van der Waals surface area contributed by atoms with E-state index in [0.717, 1.165) is 48.7 Å². The minimum absolute atomic E-state index is 0.194. The highest BCUT2D eigenvalue weighted by Gasteiger charge is 2.25. The van der Waals surface area contributed by atoms with Crippen molar-refractivity contribution in [3.8, 4) is 11.3 Å². The smallest absolute Gasteiger partial charge is 0.183 e. The molecule has 8 heteroatoms. The Labute approximate surface area is 164 Å². The van der Waals surface area contributed by atoms with Gasteiger partial charge in [-0.2, -0.15) is 0 Å². The van der Waals surface area contributed by atoms with Crippen molar-refractivity contribution >= 4 is 39.0 Å². The van der Waals surface area contributed by atoms with Crippen LogP contribution in [-0.4, -0.2) is 38.2 Å². The summed E-state index contributed by atoms with van der Waals surface area (Å²) >= 11 is 3.71. The Bertz CT molecular complexity index is 767. The maximum absolute atomic E-state index is 9.57. The van der Waals surface area contributed by atoms with Crippen LogP contribution < -0.4 is 10.0 Å². The Kier molecular flexibility index (Phi) is 5.50. The van der Waals surface area contributed by atoms with Crippen molar-refractivity contribution in [2.75, 3.05) is 17.3 Å². The predicted molar refractivity (Wildman–Crippen MR) is 114 cm³/mol. The summed E-state index contributed by atoms with van der Waals surface area (Å²) in [6.45, 7) is 0. The number of aromatic nitrogens is 1. The summed E-state index contributed by atoms with van der Waals surface area (Å²) in [6.07, 6.45) is 6.46. The van der Waals surface area contributed by atoms with Crippen molar-refractivity contribution in [3.63, 3.8) is 0 Å². The minimum atomic E-state index is -2.62. The highest BCUT2D eigenvalue weighted by molar-refractivity contribution is 8.22. The molecule has 26 heavy (non-hydrogen) atoms. The van der Waals surface area contributed by atoms with E-state index in [1.165, 1.54) is 21.6 Å². The lowest BCUT2D eigenvalue weighted by atomic mass is 9.92. The number of thiazole rings is 1. The van der Waals surface area contributed by atoms with Crippen molar-refractivity contribution in [2.45, 2.75) is 49.1 Å². The van der Waals surface area contributed by atoms with Crippen LogP contribution in [0.4, 0.5) is 5.13 Å². The first kappa shape index (κ1) is 18.6. The molecule has 4 rings (SSSR count). The summed E-state index contributed by atoms with van der Waals surface area (Å²) in [6, 6.07) is 9.16. The highest BCUT2D eigenvalue weighted by atomic mass is 32.3. The Morgan fingerprint density at radius 1 is 1.12 bits per heavy atom. The summed E-state index contributed by atoms with van der Waals surface area (Å²) in [5, 5.41) is 4.65. The monoisotopic (exact) mass is 411 g/mol.